The van der Waals surface area contributed by atoms with E-state index in [1.54, 1.807) is 12.1 Å². The Morgan fingerprint density at radius 3 is 2.43 bits per heavy atom. The third kappa shape index (κ3) is 2.24. The Labute approximate surface area is 130 Å². The molecule has 0 atom stereocenters. The Balaban J connectivity index is 2.22. The van der Waals surface area contributed by atoms with Crippen molar-refractivity contribution < 1.29 is 4.79 Å². The number of rotatable bonds is 2. The average molecular weight is 313 g/mol. The van der Waals surface area contributed by atoms with Gasteiger partial charge in [0, 0.05) is 14.1 Å². The van der Waals surface area contributed by atoms with Crippen LogP contribution in [0.15, 0.2) is 39.9 Å². The van der Waals surface area contributed by atoms with Crippen molar-refractivity contribution in [2.75, 3.05) is 5.73 Å². The number of nitrogen functional groups attached to an aromatic ring is 1. The molecule has 0 amide bonds. The minimum absolute atomic E-state index is 0.00744. The van der Waals surface area contributed by atoms with Crippen LogP contribution in [-0.4, -0.2) is 24.6 Å². The van der Waals surface area contributed by atoms with Crippen molar-refractivity contribution in [2.24, 2.45) is 14.1 Å². The molecule has 0 saturated carbocycles. The molecule has 0 aliphatic heterocycles. The van der Waals surface area contributed by atoms with Crippen LogP contribution < -0.4 is 17.0 Å². The highest BCUT2D eigenvalue weighted by atomic mass is 16.2. The standard InChI is InChI=1S/C15H15N5O3/c1-18-12-11(13(22)19(2)15(18)23)20(14(16)17-12)10(21)8-9-6-4-3-5-7-9/h3-7H,8H2,1-2H3,(H2,16,17). The van der Waals surface area contributed by atoms with Crippen molar-refractivity contribution in [3.63, 3.8) is 0 Å². The highest BCUT2D eigenvalue weighted by Crippen LogP contribution is 2.14. The van der Waals surface area contributed by atoms with Crippen LogP contribution in [0, 0.1) is 0 Å². The zero-order chi connectivity index (χ0) is 16.7. The lowest BCUT2D eigenvalue weighted by molar-refractivity contribution is 0.0921. The Hall–Kier alpha value is -3.16. The van der Waals surface area contributed by atoms with Crippen LogP contribution in [0.1, 0.15) is 10.4 Å². The Morgan fingerprint density at radius 1 is 1.13 bits per heavy atom. The van der Waals surface area contributed by atoms with Crippen molar-refractivity contribution >= 4 is 23.0 Å². The third-order valence-corrected chi connectivity index (χ3v) is 3.73. The van der Waals surface area contributed by atoms with Crippen LogP contribution in [0.3, 0.4) is 0 Å². The fraction of sp³-hybridized carbons (Fsp3) is 0.200. The minimum atomic E-state index is -0.603. The van der Waals surface area contributed by atoms with Gasteiger partial charge < -0.3 is 5.73 Å². The molecule has 2 aromatic heterocycles. The second-order valence-electron chi connectivity index (χ2n) is 5.24. The maximum Gasteiger partial charge on any atom is 0.332 e. The summed E-state index contributed by atoms with van der Waals surface area (Å²) in [7, 11) is 2.82. The van der Waals surface area contributed by atoms with E-state index in [9.17, 15) is 14.4 Å². The lowest BCUT2D eigenvalue weighted by Gasteiger charge is -2.06. The molecule has 3 rings (SSSR count). The van der Waals surface area contributed by atoms with Crippen LogP contribution in [0.2, 0.25) is 0 Å². The summed E-state index contributed by atoms with van der Waals surface area (Å²) in [6, 6.07) is 9.10. The summed E-state index contributed by atoms with van der Waals surface area (Å²) in [5.41, 5.74) is 5.58. The fourth-order valence-electron chi connectivity index (χ4n) is 2.51. The molecule has 0 aliphatic carbocycles. The molecule has 118 valence electrons. The normalized spacial score (nSPS) is 11.0. The number of nitrogens with zero attached hydrogens (tertiary/aromatic N) is 4. The van der Waals surface area contributed by atoms with E-state index in [4.69, 9.17) is 5.73 Å². The van der Waals surface area contributed by atoms with Gasteiger partial charge in [0.25, 0.3) is 5.56 Å². The van der Waals surface area contributed by atoms with E-state index in [-0.39, 0.29) is 29.4 Å². The number of fused-ring (bicyclic) bond motifs is 1. The highest BCUT2D eigenvalue weighted by Gasteiger charge is 2.21. The van der Waals surface area contributed by atoms with Gasteiger partial charge in [0.05, 0.1) is 6.42 Å². The predicted octanol–water partition coefficient (Wildman–Crippen LogP) is -0.101. The molecule has 3 aromatic rings. The summed E-state index contributed by atoms with van der Waals surface area (Å²) in [5.74, 6) is -0.494. The maximum absolute atomic E-state index is 12.6. The van der Waals surface area contributed by atoms with Gasteiger partial charge in [-0.25, -0.2) is 9.36 Å². The summed E-state index contributed by atoms with van der Waals surface area (Å²) in [6.45, 7) is 0. The molecule has 0 radical (unpaired) electrons. The first kappa shape index (κ1) is 14.8. The number of hydrogen-bond donors (Lipinski definition) is 1. The minimum Gasteiger partial charge on any atom is -0.369 e. The van der Waals surface area contributed by atoms with Gasteiger partial charge in [-0.1, -0.05) is 30.3 Å². The van der Waals surface area contributed by atoms with Gasteiger partial charge >= 0.3 is 5.69 Å². The Morgan fingerprint density at radius 2 is 1.78 bits per heavy atom. The van der Waals surface area contributed by atoms with Crippen LogP contribution in [0.5, 0.6) is 0 Å². The van der Waals surface area contributed by atoms with E-state index in [1.807, 2.05) is 18.2 Å². The number of imidazole rings is 1. The smallest absolute Gasteiger partial charge is 0.332 e. The molecular weight excluding hydrogens is 298 g/mol. The van der Waals surface area contributed by atoms with E-state index in [0.29, 0.717) is 0 Å². The average Bonchev–Trinajstić information content (AvgIpc) is 2.89. The van der Waals surface area contributed by atoms with Crippen molar-refractivity contribution in [1.29, 1.82) is 0 Å². The second kappa shape index (κ2) is 5.24. The van der Waals surface area contributed by atoms with Crippen molar-refractivity contribution in [3.8, 4) is 0 Å². The summed E-state index contributed by atoms with van der Waals surface area (Å²) < 4.78 is 3.19. The van der Waals surface area contributed by atoms with Gasteiger partial charge in [0.1, 0.15) is 0 Å². The topological polar surface area (TPSA) is 105 Å². The van der Waals surface area contributed by atoms with E-state index < -0.39 is 11.2 Å². The van der Waals surface area contributed by atoms with E-state index in [1.165, 1.54) is 18.7 Å². The number of aromatic nitrogens is 4. The molecule has 0 unspecified atom stereocenters. The molecule has 2 N–H and O–H groups in total. The molecule has 0 aliphatic rings. The van der Waals surface area contributed by atoms with Gasteiger partial charge in [-0.2, -0.15) is 4.98 Å². The van der Waals surface area contributed by atoms with Crippen molar-refractivity contribution in [2.45, 2.75) is 6.42 Å². The van der Waals surface area contributed by atoms with Gasteiger partial charge in [-0.3, -0.25) is 18.7 Å². The van der Waals surface area contributed by atoms with Gasteiger partial charge in [-0.05, 0) is 5.56 Å². The van der Waals surface area contributed by atoms with E-state index >= 15 is 0 Å². The molecule has 0 bridgehead atoms. The maximum atomic E-state index is 12.6. The number of hydrogen-bond acceptors (Lipinski definition) is 5. The molecule has 2 heterocycles. The van der Waals surface area contributed by atoms with Crippen LogP contribution in [0.4, 0.5) is 5.95 Å². The summed E-state index contributed by atoms with van der Waals surface area (Å²) in [5, 5.41) is 0. The summed E-state index contributed by atoms with van der Waals surface area (Å²) in [4.78, 5) is 40.9. The molecule has 23 heavy (non-hydrogen) atoms. The quantitative estimate of drug-likeness (QED) is 0.711. The first-order valence-electron chi connectivity index (χ1n) is 6.93. The Bertz CT molecular complexity index is 1030. The van der Waals surface area contributed by atoms with Crippen LogP contribution in [0.25, 0.3) is 11.2 Å². The molecular formula is C15H15N5O3. The monoisotopic (exact) mass is 313 g/mol. The fourth-order valence-corrected chi connectivity index (χ4v) is 2.51. The molecule has 1 aromatic carbocycles. The number of benzene rings is 1. The second-order valence-corrected chi connectivity index (χ2v) is 5.24. The highest BCUT2D eigenvalue weighted by molar-refractivity contribution is 5.93. The largest absolute Gasteiger partial charge is 0.369 e. The molecule has 8 heteroatoms. The van der Waals surface area contributed by atoms with Crippen LogP contribution in [-0.2, 0) is 20.5 Å². The SMILES string of the molecule is Cn1c(=O)c2c(nc(N)n2C(=O)Cc2ccccc2)n(C)c1=O. The van der Waals surface area contributed by atoms with E-state index in [2.05, 4.69) is 4.98 Å². The molecule has 0 fully saturated rings. The summed E-state index contributed by atoms with van der Waals surface area (Å²) in [6.07, 6.45) is 0.0719. The van der Waals surface area contributed by atoms with Gasteiger partial charge in [0.2, 0.25) is 11.9 Å². The first-order chi connectivity index (χ1) is 10.9. The van der Waals surface area contributed by atoms with Crippen molar-refractivity contribution in [3.05, 3.63) is 56.7 Å². The van der Waals surface area contributed by atoms with E-state index in [0.717, 1.165) is 14.7 Å². The predicted molar refractivity (Wildman–Crippen MR) is 85.4 cm³/mol. The van der Waals surface area contributed by atoms with Gasteiger partial charge in [-0.15, -0.1) is 0 Å². The summed E-state index contributed by atoms with van der Waals surface area (Å²) >= 11 is 0. The number of anilines is 1. The third-order valence-electron chi connectivity index (χ3n) is 3.73. The zero-order valence-electron chi connectivity index (χ0n) is 12.7. The molecule has 0 spiro atoms. The first-order valence-corrected chi connectivity index (χ1v) is 6.93. The lowest BCUT2D eigenvalue weighted by Crippen LogP contribution is -2.38. The number of nitrogens with two attached hydrogens (primary N) is 1. The Kier molecular flexibility index (Phi) is 3.36. The number of carbonyl (C=O) groups is 1. The molecule has 0 saturated heterocycles. The molecule has 8 nitrogen and oxygen atoms in total. The zero-order valence-corrected chi connectivity index (χ0v) is 12.7. The van der Waals surface area contributed by atoms with Crippen molar-refractivity contribution in [1.82, 2.24) is 18.7 Å². The number of carbonyl (C=O) groups excluding carboxylic acids is 1. The van der Waals surface area contributed by atoms with Crippen LogP contribution >= 0.6 is 0 Å². The van der Waals surface area contributed by atoms with Gasteiger partial charge in [0.15, 0.2) is 11.2 Å². The lowest BCUT2D eigenvalue weighted by atomic mass is 10.1. The number of aryl methyl sites for hydroxylation is 1.